The zero-order valence-electron chi connectivity index (χ0n) is 12.3. The van der Waals surface area contributed by atoms with Crippen LogP contribution in [0.15, 0.2) is 6.07 Å². The average Bonchev–Trinajstić information content (AvgIpc) is 2.88. The fraction of sp³-hybridized carbons (Fsp3) is 0.571. The van der Waals surface area contributed by atoms with Crippen LogP contribution in [0.3, 0.4) is 0 Å². The second-order valence-electron chi connectivity index (χ2n) is 4.53. The van der Waals surface area contributed by atoms with Crippen LogP contribution in [0.1, 0.15) is 25.1 Å². The van der Waals surface area contributed by atoms with Crippen molar-refractivity contribution in [3.8, 4) is 0 Å². The molecule has 0 atom stereocenters. The van der Waals surface area contributed by atoms with Crippen LogP contribution in [0, 0.1) is 0 Å². The molecule has 0 radical (unpaired) electrons. The number of hydrogen-bond donors (Lipinski definition) is 2. The summed E-state index contributed by atoms with van der Waals surface area (Å²) in [6.07, 6.45) is 2.08. The van der Waals surface area contributed by atoms with Gasteiger partial charge in [0.05, 0.1) is 12.0 Å². The number of fused-ring (bicyclic) bond motifs is 1. The standard InChI is InChI=1S/C14H22N4OS/c1-4-6-16-14-17-12(15-7-8-19-3)11-9-10(5-2)20-13(11)18-14/h9H,4-8H2,1-3H3,(H2,15,16,17,18). The van der Waals surface area contributed by atoms with Crippen LogP contribution in [0.2, 0.25) is 0 Å². The number of nitrogens with zero attached hydrogens (tertiary/aromatic N) is 2. The van der Waals surface area contributed by atoms with Gasteiger partial charge in [0.15, 0.2) is 0 Å². The Morgan fingerprint density at radius 2 is 2.05 bits per heavy atom. The van der Waals surface area contributed by atoms with Gasteiger partial charge in [0.25, 0.3) is 0 Å². The van der Waals surface area contributed by atoms with Crippen LogP contribution in [-0.4, -0.2) is 36.8 Å². The molecule has 0 unspecified atom stereocenters. The molecular formula is C14H22N4OS. The average molecular weight is 294 g/mol. The first-order valence-electron chi connectivity index (χ1n) is 7.05. The van der Waals surface area contributed by atoms with Crippen molar-refractivity contribution in [3.05, 3.63) is 10.9 Å². The van der Waals surface area contributed by atoms with Crippen molar-refractivity contribution < 1.29 is 4.74 Å². The maximum absolute atomic E-state index is 5.08. The Balaban J connectivity index is 2.30. The minimum absolute atomic E-state index is 0.661. The Kier molecular flexibility index (Phi) is 5.55. The monoisotopic (exact) mass is 294 g/mol. The zero-order valence-corrected chi connectivity index (χ0v) is 13.1. The lowest BCUT2D eigenvalue weighted by molar-refractivity contribution is 0.210. The number of aryl methyl sites for hydroxylation is 1. The predicted octanol–water partition coefficient (Wildman–Crippen LogP) is 3.13. The van der Waals surface area contributed by atoms with E-state index in [4.69, 9.17) is 4.74 Å². The summed E-state index contributed by atoms with van der Waals surface area (Å²) < 4.78 is 5.08. The van der Waals surface area contributed by atoms with Gasteiger partial charge in [-0.05, 0) is 18.9 Å². The summed E-state index contributed by atoms with van der Waals surface area (Å²) >= 11 is 1.74. The Hall–Kier alpha value is -1.40. The van der Waals surface area contributed by atoms with Gasteiger partial charge < -0.3 is 15.4 Å². The summed E-state index contributed by atoms with van der Waals surface area (Å²) in [5.41, 5.74) is 0. The number of methoxy groups -OCH3 is 1. The molecular weight excluding hydrogens is 272 g/mol. The van der Waals surface area contributed by atoms with E-state index in [9.17, 15) is 0 Å². The smallest absolute Gasteiger partial charge is 0.226 e. The molecule has 0 amide bonds. The molecule has 2 aromatic heterocycles. The van der Waals surface area contributed by atoms with Gasteiger partial charge in [-0.3, -0.25) is 0 Å². The summed E-state index contributed by atoms with van der Waals surface area (Å²) in [5, 5.41) is 7.69. The summed E-state index contributed by atoms with van der Waals surface area (Å²) in [4.78, 5) is 11.5. The number of thiophene rings is 1. The number of hydrogen-bond acceptors (Lipinski definition) is 6. The molecule has 0 aliphatic rings. The third-order valence-corrected chi connectivity index (χ3v) is 4.10. The first kappa shape index (κ1) is 15.0. The highest BCUT2D eigenvalue weighted by Gasteiger charge is 2.10. The Morgan fingerprint density at radius 1 is 1.20 bits per heavy atom. The molecule has 0 aliphatic carbocycles. The van der Waals surface area contributed by atoms with Crippen molar-refractivity contribution >= 4 is 33.3 Å². The molecule has 0 aromatic carbocycles. The molecule has 0 aliphatic heterocycles. The maximum atomic E-state index is 5.08. The second-order valence-corrected chi connectivity index (χ2v) is 5.64. The van der Waals surface area contributed by atoms with E-state index in [0.717, 1.165) is 42.0 Å². The summed E-state index contributed by atoms with van der Waals surface area (Å²) in [6.45, 7) is 6.58. The lowest BCUT2D eigenvalue weighted by Crippen LogP contribution is -2.11. The molecule has 6 heteroatoms. The van der Waals surface area contributed by atoms with Gasteiger partial charge in [-0.2, -0.15) is 4.98 Å². The lowest BCUT2D eigenvalue weighted by Gasteiger charge is -2.09. The highest BCUT2D eigenvalue weighted by Crippen LogP contribution is 2.30. The highest BCUT2D eigenvalue weighted by molar-refractivity contribution is 7.18. The normalized spacial score (nSPS) is 10.9. The van der Waals surface area contributed by atoms with E-state index in [1.54, 1.807) is 18.4 Å². The van der Waals surface area contributed by atoms with Crippen LogP contribution in [0.25, 0.3) is 10.2 Å². The van der Waals surface area contributed by atoms with E-state index in [1.165, 1.54) is 4.88 Å². The summed E-state index contributed by atoms with van der Waals surface area (Å²) in [5.74, 6) is 1.59. The van der Waals surface area contributed by atoms with Gasteiger partial charge in [-0.15, -0.1) is 11.3 Å². The Morgan fingerprint density at radius 3 is 2.75 bits per heavy atom. The van der Waals surface area contributed by atoms with E-state index < -0.39 is 0 Å². The highest BCUT2D eigenvalue weighted by atomic mass is 32.1. The molecule has 2 N–H and O–H groups in total. The fourth-order valence-electron chi connectivity index (χ4n) is 1.87. The van der Waals surface area contributed by atoms with Crippen LogP contribution in [-0.2, 0) is 11.2 Å². The Bertz CT molecular complexity index is 555. The molecule has 2 aromatic rings. The molecule has 0 spiro atoms. The predicted molar refractivity (Wildman–Crippen MR) is 85.9 cm³/mol. The zero-order chi connectivity index (χ0) is 14.4. The SMILES string of the molecule is CCCNc1nc(NCCOC)c2cc(CC)sc2n1. The molecule has 0 bridgehead atoms. The largest absolute Gasteiger partial charge is 0.383 e. The number of ether oxygens (including phenoxy) is 1. The number of aromatic nitrogens is 2. The maximum Gasteiger partial charge on any atom is 0.226 e. The van der Waals surface area contributed by atoms with Gasteiger partial charge in [0, 0.05) is 25.1 Å². The fourth-order valence-corrected chi connectivity index (χ4v) is 2.83. The third-order valence-electron chi connectivity index (χ3n) is 2.92. The molecule has 2 heterocycles. The molecule has 0 fully saturated rings. The van der Waals surface area contributed by atoms with Gasteiger partial charge >= 0.3 is 0 Å². The van der Waals surface area contributed by atoms with Crippen molar-refractivity contribution in [2.24, 2.45) is 0 Å². The second kappa shape index (κ2) is 7.40. The van der Waals surface area contributed by atoms with Crippen molar-refractivity contribution in [2.75, 3.05) is 37.4 Å². The van der Waals surface area contributed by atoms with Crippen LogP contribution < -0.4 is 10.6 Å². The van der Waals surface area contributed by atoms with E-state index in [1.807, 2.05) is 0 Å². The lowest BCUT2D eigenvalue weighted by atomic mass is 10.3. The van der Waals surface area contributed by atoms with Gasteiger partial charge in [-0.1, -0.05) is 13.8 Å². The molecule has 2 rings (SSSR count). The number of rotatable bonds is 8. The minimum Gasteiger partial charge on any atom is -0.383 e. The van der Waals surface area contributed by atoms with E-state index in [-0.39, 0.29) is 0 Å². The first-order chi connectivity index (χ1) is 9.78. The van der Waals surface area contributed by atoms with Gasteiger partial charge in [0.2, 0.25) is 5.95 Å². The first-order valence-corrected chi connectivity index (χ1v) is 7.87. The Labute approximate surface area is 123 Å². The van der Waals surface area contributed by atoms with Crippen LogP contribution in [0.4, 0.5) is 11.8 Å². The molecule has 0 saturated carbocycles. The number of anilines is 2. The molecule has 0 saturated heterocycles. The number of nitrogens with one attached hydrogen (secondary N) is 2. The topological polar surface area (TPSA) is 59.1 Å². The molecule has 20 heavy (non-hydrogen) atoms. The summed E-state index contributed by atoms with van der Waals surface area (Å²) in [7, 11) is 1.70. The van der Waals surface area contributed by atoms with E-state index >= 15 is 0 Å². The van der Waals surface area contributed by atoms with E-state index in [2.05, 4.69) is 40.5 Å². The molecule has 5 nitrogen and oxygen atoms in total. The van der Waals surface area contributed by atoms with Crippen molar-refractivity contribution in [3.63, 3.8) is 0 Å². The van der Waals surface area contributed by atoms with Gasteiger partial charge in [-0.25, -0.2) is 4.98 Å². The van der Waals surface area contributed by atoms with Crippen molar-refractivity contribution in [2.45, 2.75) is 26.7 Å². The van der Waals surface area contributed by atoms with Crippen LogP contribution in [0.5, 0.6) is 0 Å². The van der Waals surface area contributed by atoms with Gasteiger partial charge in [0.1, 0.15) is 10.6 Å². The van der Waals surface area contributed by atoms with Crippen molar-refractivity contribution in [1.29, 1.82) is 0 Å². The van der Waals surface area contributed by atoms with Crippen LogP contribution >= 0.6 is 11.3 Å². The third kappa shape index (κ3) is 3.58. The van der Waals surface area contributed by atoms with Crippen molar-refractivity contribution in [1.82, 2.24) is 9.97 Å². The summed E-state index contributed by atoms with van der Waals surface area (Å²) in [6, 6.07) is 2.18. The molecule has 110 valence electrons. The quantitative estimate of drug-likeness (QED) is 0.733. The minimum atomic E-state index is 0.661. The van der Waals surface area contributed by atoms with E-state index in [0.29, 0.717) is 12.6 Å².